The van der Waals surface area contributed by atoms with Gasteiger partial charge in [0.25, 0.3) is 0 Å². The normalized spacial score (nSPS) is 11.9. The number of nitrogens with zero attached hydrogens (tertiary/aromatic N) is 8. The van der Waals surface area contributed by atoms with Crippen molar-refractivity contribution in [3.63, 3.8) is 0 Å². The molecule has 98 heavy (non-hydrogen) atoms. The predicted molar refractivity (Wildman–Crippen MR) is 381 cm³/mol. The van der Waals surface area contributed by atoms with Crippen LogP contribution in [0.25, 0.3) is 44.1 Å². The fourth-order valence-corrected chi connectivity index (χ4v) is 15.9. The third-order valence-electron chi connectivity index (χ3n) is 15.1. The van der Waals surface area contributed by atoms with Gasteiger partial charge in [0, 0.05) is 26.2 Å². The van der Waals surface area contributed by atoms with E-state index < -0.39 is 30.4 Å². The molecule has 0 fully saturated rings. The second-order valence-corrected chi connectivity index (χ2v) is 29.3. The molecule has 0 unspecified atom stereocenters. The monoisotopic (exact) mass is 1410 g/mol. The van der Waals surface area contributed by atoms with Gasteiger partial charge in [-0.05, 0) is 161 Å². The topological polar surface area (TPSA) is 294 Å². The van der Waals surface area contributed by atoms with Crippen LogP contribution in [0.1, 0.15) is 63.8 Å². The number of imidazole rings is 4. The van der Waals surface area contributed by atoms with Crippen molar-refractivity contribution in [1.82, 2.24) is 38.2 Å². The van der Waals surface area contributed by atoms with Crippen LogP contribution in [-0.2, 0) is 71.6 Å². The minimum atomic E-state index is -4.21. The maximum Gasteiger partial charge on any atom is 0.361 e. The largest absolute Gasteiger partial charge is 0.506 e. The minimum absolute atomic E-state index is 0.000571. The summed E-state index contributed by atoms with van der Waals surface area (Å²) in [7, 11) is -10.7. The molecule has 0 atom stereocenters. The third kappa shape index (κ3) is 17.8. The lowest BCUT2D eigenvalue weighted by Gasteiger charge is -2.17. The molecule has 8 aromatic carbocycles. The molecule has 4 aromatic heterocycles. The number of para-hydroxylation sites is 4. The van der Waals surface area contributed by atoms with Crippen molar-refractivity contribution in [2.45, 2.75) is 67.7 Å². The molecule has 0 aliphatic heterocycles. The van der Waals surface area contributed by atoms with E-state index in [2.05, 4.69) is 24.5 Å². The van der Waals surface area contributed by atoms with Crippen LogP contribution < -0.4 is 30.7 Å². The lowest BCUT2D eigenvalue weighted by molar-refractivity contribution is 0.229. The highest BCUT2D eigenvalue weighted by atomic mass is 31.2. The number of phenolic OH excluding ortho intramolecular Hbond substituents is 2. The zero-order valence-electron chi connectivity index (χ0n) is 55.6. The number of benzene rings is 8. The van der Waals surface area contributed by atoms with E-state index in [0.717, 1.165) is 66.9 Å². The zero-order chi connectivity index (χ0) is 70.0. The molecule has 4 N–H and O–H groups in total. The van der Waals surface area contributed by atoms with Crippen LogP contribution in [0.3, 0.4) is 0 Å². The number of aromatic hydroxyl groups is 2. The first-order valence-corrected chi connectivity index (χ1v) is 37.8. The Morgan fingerprint density at radius 3 is 0.990 bits per heavy atom. The van der Waals surface area contributed by atoms with Gasteiger partial charge in [-0.15, -0.1) is 0 Å². The second kappa shape index (κ2) is 33.8. The highest BCUT2D eigenvalue weighted by Gasteiger charge is 2.29. The molecule has 28 heteroatoms. The van der Waals surface area contributed by atoms with Gasteiger partial charge in [0.15, 0.2) is 0 Å². The molecular weight excluding hydrogens is 1330 g/mol. The SMILES string of the molecule is CCOP(=O)(OCC)c1ccc(Cn2cnc3c(O)cccc32)cc1.CCOP(=O)(OCC)c1ccc(Cn2cnc3c(OC)cccc32)cc1.CCOP(=O)(OCC)c1ccc(Cn2cnc3cccc(OC)c32)cc1.O=P(O)(O)c1ccc(Cn2cnc3c(O)cccc32)cc1. The number of hydrogen-bond donors (Lipinski definition) is 4. The average molecular weight is 1410 g/mol. The summed E-state index contributed by atoms with van der Waals surface area (Å²) in [6, 6.07) is 50.6. The molecular formula is C70H80N8O16P4. The van der Waals surface area contributed by atoms with Crippen molar-refractivity contribution in [3.05, 3.63) is 217 Å². The molecule has 0 saturated heterocycles. The van der Waals surface area contributed by atoms with Gasteiger partial charge < -0.3 is 74.9 Å². The summed E-state index contributed by atoms with van der Waals surface area (Å²) in [5, 5.41) is 21.2. The molecule has 0 aliphatic rings. The van der Waals surface area contributed by atoms with Crippen molar-refractivity contribution in [1.29, 1.82) is 0 Å². The van der Waals surface area contributed by atoms with Crippen LogP contribution >= 0.6 is 30.4 Å². The lowest BCUT2D eigenvalue weighted by Crippen LogP contribution is -2.11. The van der Waals surface area contributed by atoms with Gasteiger partial charge in [0.1, 0.15) is 45.1 Å². The third-order valence-corrected chi connectivity index (χ3v) is 22.5. The van der Waals surface area contributed by atoms with Crippen molar-refractivity contribution >= 4 is 95.7 Å². The summed E-state index contributed by atoms with van der Waals surface area (Å²) in [5.74, 6) is 1.84. The lowest BCUT2D eigenvalue weighted by atomic mass is 10.2. The van der Waals surface area contributed by atoms with Gasteiger partial charge in [-0.25, -0.2) is 19.9 Å². The number of ether oxygens (including phenoxy) is 2. The van der Waals surface area contributed by atoms with Gasteiger partial charge in [-0.1, -0.05) is 72.8 Å². The summed E-state index contributed by atoms with van der Waals surface area (Å²) in [5.41, 5.74) is 10.5. The smallest absolute Gasteiger partial charge is 0.361 e. The second-order valence-electron chi connectivity index (χ2n) is 21.6. The van der Waals surface area contributed by atoms with Crippen molar-refractivity contribution in [2.24, 2.45) is 0 Å². The Morgan fingerprint density at radius 2 is 0.643 bits per heavy atom. The van der Waals surface area contributed by atoms with E-state index in [1.54, 1.807) is 154 Å². The number of hydrogen-bond acceptors (Lipinski definition) is 18. The molecule has 516 valence electrons. The van der Waals surface area contributed by atoms with Gasteiger partial charge in [0.2, 0.25) is 0 Å². The standard InChI is InChI=1S/2C19H23N2O4P.C18H21N2O4P.C14H13N2O4P/c1-4-24-26(22,25-5-2)16-11-9-15(10-12-16)13-21-14-20-19-17(21)7-6-8-18(19)23-3;1-4-24-26(22,25-5-2)16-11-9-15(10-12-16)13-21-14-20-17-7-6-8-18(23-3)19(17)21;1-3-23-25(22,24-4-2)15-10-8-14(9-11-15)12-20-13-19-18-16(20)6-5-7-17(18)21;17-13-3-1-2-12-14(13)15-9-16(12)8-10-4-6-11(7-5-10)21(18,19)20/h2*6-12,14H,4-5,13H2,1-3H3;5-11,13,21H,3-4,12H2,1-2H3;1-7,9,17H,8H2,(H2,18,19,20). The van der Waals surface area contributed by atoms with Crippen LogP contribution in [0.15, 0.2) is 195 Å². The van der Waals surface area contributed by atoms with Gasteiger partial charge in [-0.2, -0.15) is 0 Å². The predicted octanol–water partition coefficient (Wildman–Crippen LogP) is 13.2. The Balaban J connectivity index is 0.000000153. The van der Waals surface area contributed by atoms with Crippen LogP contribution in [0.2, 0.25) is 0 Å². The molecule has 0 bridgehead atoms. The van der Waals surface area contributed by atoms with E-state index in [1.807, 2.05) is 98.6 Å². The van der Waals surface area contributed by atoms with Gasteiger partial charge in [0.05, 0.1) is 122 Å². The average Bonchev–Trinajstić information content (AvgIpc) is 1.68. The van der Waals surface area contributed by atoms with Gasteiger partial charge in [-0.3, -0.25) is 18.3 Å². The van der Waals surface area contributed by atoms with E-state index in [0.29, 0.717) is 92.8 Å². The fourth-order valence-electron chi connectivity index (χ4n) is 10.6. The van der Waals surface area contributed by atoms with E-state index in [1.165, 1.54) is 12.1 Å². The number of methoxy groups -OCH3 is 2. The molecule has 0 saturated carbocycles. The van der Waals surface area contributed by atoms with Crippen LogP contribution in [-0.4, -0.2) is 112 Å². The molecule has 12 rings (SSSR count). The Labute approximate surface area is 568 Å². The Morgan fingerprint density at radius 1 is 0.347 bits per heavy atom. The maximum absolute atomic E-state index is 12.8. The van der Waals surface area contributed by atoms with Crippen molar-refractivity contribution in [2.75, 3.05) is 53.9 Å². The highest BCUT2D eigenvalue weighted by Crippen LogP contribution is 2.49. The molecule has 0 spiro atoms. The summed E-state index contributed by atoms with van der Waals surface area (Å²) < 4.78 is 101. The molecule has 12 aromatic rings. The van der Waals surface area contributed by atoms with E-state index in [-0.39, 0.29) is 16.8 Å². The fraction of sp³-hybridized carbons (Fsp3) is 0.257. The van der Waals surface area contributed by atoms with Crippen LogP contribution in [0.4, 0.5) is 0 Å². The molecule has 4 heterocycles. The highest BCUT2D eigenvalue weighted by molar-refractivity contribution is 7.63. The number of fused-ring (bicyclic) bond motifs is 4. The summed E-state index contributed by atoms with van der Waals surface area (Å²) >= 11 is 0. The van der Waals surface area contributed by atoms with Gasteiger partial charge >= 0.3 is 30.4 Å². The first-order valence-electron chi connectivity index (χ1n) is 31.6. The molecule has 0 aliphatic carbocycles. The molecule has 0 radical (unpaired) electrons. The van der Waals surface area contributed by atoms with Crippen LogP contribution in [0.5, 0.6) is 23.0 Å². The first-order chi connectivity index (χ1) is 47.2. The van der Waals surface area contributed by atoms with Crippen molar-refractivity contribution in [3.8, 4) is 23.0 Å². The summed E-state index contributed by atoms with van der Waals surface area (Å²) in [4.78, 5) is 35.4. The molecule has 24 nitrogen and oxygen atoms in total. The first kappa shape index (κ1) is 73.7. The summed E-state index contributed by atoms with van der Waals surface area (Å²) in [6.45, 7) is 15.2. The Kier molecular flexibility index (Phi) is 25.4. The van der Waals surface area contributed by atoms with E-state index in [4.69, 9.17) is 46.4 Å². The number of rotatable bonds is 26. The maximum atomic E-state index is 12.8. The number of aromatic nitrogens is 8. The quantitative estimate of drug-likeness (QED) is 0.0366. The van der Waals surface area contributed by atoms with Crippen molar-refractivity contribution < 1.29 is 74.9 Å². The Bertz CT molecular complexity index is 4760. The minimum Gasteiger partial charge on any atom is -0.506 e. The van der Waals surface area contributed by atoms with E-state index in [9.17, 15) is 28.5 Å². The summed E-state index contributed by atoms with van der Waals surface area (Å²) in [6.07, 6.45) is 6.92. The number of phenols is 2. The van der Waals surface area contributed by atoms with Crippen LogP contribution in [0, 0.1) is 0 Å². The zero-order valence-corrected chi connectivity index (χ0v) is 59.2. The van der Waals surface area contributed by atoms with E-state index >= 15 is 0 Å². The molecule has 0 amide bonds. The Hall–Kier alpha value is -8.56.